The summed E-state index contributed by atoms with van der Waals surface area (Å²) in [6, 6.07) is 12.1. The fourth-order valence-corrected chi connectivity index (χ4v) is 5.81. The van der Waals surface area contributed by atoms with Gasteiger partial charge in [-0.1, -0.05) is 61.5 Å². The molecular formula is C27H26N4O5S. The molecule has 0 saturated carbocycles. The number of carbonyl (C=O) groups is 1. The molecule has 190 valence electrons. The highest BCUT2D eigenvalue weighted by atomic mass is 32.2. The molecule has 2 aliphatic rings. The predicted molar refractivity (Wildman–Crippen MR) is 141 cm³/mol. The lowest BCUT2D eigenvalue weighted by molar-refractivity contribution is -0.385. The van der Waals surface area contributed by atoms with Crippen molar-refractivity contribution in [1.82, 2.24) is 9.97 Å². The third-order valence-corrected chi connectivity index (χ3v) is 7.67. The summed E-state index contributed by atoms with van der Waals surface area (Å²) in [5.41, 5.74) is 2.73. The first-order valence-corrected chi connectivity index (χ1v) is 12.8. The lowest BCUT2D eigenvalue weighted by Crippen LogP contribution is -2.37. The molecule has 37 heavy (non-hydrogen) atoms. The van der Waals surface area contributed by atoms with Gasteiger partial charge in [-0.25, -0.2) is 4.98 Å². The Hall–Kier alpha value is -3.92. The number of aromatic hydroxyl groups is 1. The fraction of sp³-hybridized carbons (Fsp3) is 0.296. The minimum Gasteiger partial charge on any atom is -0.502 e. The standard InChI is InChI=1S/C27H26N4O5S/c1-14-4-6-15(7-5-14)13-37-26-29-24-23(25(34)30-26)21(16-8-9-19(32)18(10-16)31(35)36)22-17(28-24)11-27(2,3)12-20(22)33/h4-10,21,32H,11-13H2,1-3H3,(H2,28,29,30,34). The summed E-state index contributed by atoms with van der Waals surface area (Å²) in [7, 11) is 0. The number of nitro groups is 1. The van der Waals surface area contributed by atoms with Crippen molar-refractivity contribution < 1.29 is 14.8 Å². The lowest BCUT2D eigenvalue weighted by Gasteiger charge is -2.38. The maximum Gasteiger partial charge on any atom is 0.310 e. The van der Waals surface area contributed by atoms with Gasteiger partial charge in [0.1, 0.15) is 5.82 Å². The van der Waals surface area contributed by atoms with Crippen LogP contribution in [0.4, 0.5) is 11.5 Å². The van der Waals surface area contributed by atoms with Gasteiger partial charge in [-0.15, -0.1) is 0 Å². The number of carbonyl (C=O) groups excluding carboxylic acids is 1. The number of hydrogen-bond donors (Lipinski definition) is 3. The Morgan fingerprint density at radius 3 is 2.59 bits per heavy atom. The number of anilines is 1. The van der Waals surface area contributed by atoms with Crippen molar-refractivity contribution >= 4 is 29.1 Å². The van der Waals surface area contributed by atoms with Crippen LogP contribution in [0.5, 0.6) is 5.75 Å². The monoisotopic (exact) mass is 518 g/mol. The molecule has 0 saturated heterocycles. The zero-order valence-electron chi connectivity index (χ0n) is 20.6. The van der Waals surface area contributed by atoms with Crippen LogP contribution in [0, 0.1) is 22.5 Å². The van der Waals surface area contributed by atoms with Crippen molar-refractivity contribution in [2.75, 3.05) is 5.32 Å². The SMILES string of the molecule is Cc1ccc(CSc2nc3c(c(=O)[nH]2)C(c2ccc(O)c([N+](=O)[O-])c2)C2=C(CC(C)(C)CC2=O)N3)cc1. The van der Waals surface area contributed by atoms with Gasteiger partial charge >= 0.3 is 5.69 Å². The third-order valence-electron chi connectivity index (χ3n) is 6.73. The zero-order chi connectivity index (χ0) is 26.5. The molecule has 1 aromatic heterocycles. The average molecular weight is 519 g/mol. The summed E-state index contributed by atoms with van der Waals surface area (Å²) in [4.78, 5) is 45.2. The van der Waals surface area contributed by atoms with Crippen LogP contribution >= 0.6 is 11.8 Å². The van der Waals surface area contributed by atoms with E-state index in [1.807, 2.05) is 45.0 Å². The molecule has 1 unspecified atom stereocenters. The second-order valence-corrected chi connectivity index (χ2v) is 11.3. The Bertz CT molecular complexity index is 1520. The summed E-state index contributed by atoms with van der Waals surface area (Å²) in [5, 5.41) is 25.2. The molecule has 0 radical (unpaired) electrons. The average Bonchev–Trinajstić information content (AvgIpc) is 2.82. The molecule has 1 aliphatic heterocycles. The van der Waals surface area contributed by atoms with Gasteiger partial charge in [0.05, 0.1) is 10.5 Å². The number of fused-ring (bicyclic) bond motifs is 1. The topological polar surface area (TPSA) is 138 Å². The van der Waals surface area contributed by atoms with E-state index < -0.39 is 27.8 Å². The van der Waals surface area contributed by atoms with Gasteiger partial charge in [-0.05, 0) is 36.0 Å². The summed E-state index contributed by atoms with van der Waals surface area (Å²) < 4.78 is 0. The third kappa shape index (κ3) is 4.76. The van der Waals surface area contributed by atoms with Crippen molar-refractivity contribution in [3.8, 4) is 5.75 Å². The lowest BCUT2D eigenvalue weighted by atomic mass is 9.69. The van der Waals surface area contributed by atoms with Gasteiger partial charge in [0, 0.05) is 35.4 Å². The first-order valence-electron chi connectivity index (χ1n) is 11.9. The number of nitrogens with zero attached hydrogens (tertiary/aromatic N) is 2. The maximum absolute atomic E-state index is 13.5. The normalized spacial score (nSPS) is 18.1. The quantitative estimate of drug-likeness (QED) is 0.182. The number of nitro benzene ring substituents is 1. The van der Waals surface area contributed by atoms with Crippen LogP contribution in [-0.4, -0.2) is 25.8 Å². The number of hydrogen-bond acceptors (Lipinski definition) is 8. The van der Waals surface area contributed by atoms with Crippen molar-refractivity contribution in [3.05, 3.63) is 96.5 Å². The molecule has 9 nitrogen and oxygen atoms in total. The molecule has 1 atom stereocenters. The van der Waals surface area contributed by atoms with E-state index >= 15 is 0 Å². The smallest absolute Gasteiger partial charge is 0.310 e. The van der Waals surface area contributed by atoms with Crippen LogP contribution in [-0.2, 0) is 10.5 Å². The van der Waals surface area contributed by atoms with E-state index in [-0.39, 0.29) is 23.2 Å². The number of allylic oxidation sites excluding steroid dienone is 2. The van der Waals surface area contributed by atoms with Crippen molar-refractivity contribution in [2.24, 2.45) is 5.41 Å². The number of rotatable bonds is 5. The van der Waals surface area contributed by atoms with E-state index in [1.54, 1.807) is 0 Å². The molecule has 2 heterocycles. The van der Waals surface area contributed by atoms with Gasteiger partial charge in [-0.2, -0.15) is 0 Å². The summed E-state index contributed by atoms with van der Waals surface area (Å²) in [6.07, 6.45) is 0.847. The summed E-state index contributed by atoms with van der Waals surface area (Å²) in [5.74, 6) is -0.512. The van der Waals surface area contributed by atoms with Crippen molar-refractivity contribution in [2.45, 2.75) is 50.4 Å². The molecule has 0 amide bonds. The zero-order valence-corrected chi connectivity index (χ0v) is 21.4. The number of nitrogens with one attached hydrogen (secondary N) is 2. The van der Waals surface area contributed by atoms with Crippen LogP contribution in [0.25, 0.3) is 0 Å². The summed E-state index contributed by atoms with van der Waals surface area (Å²) >= 11 is 1.39. The summed E-state index contributed by atoms with van der Waals surface area (Å²) in [6.45, 7) is 6.02. The number of Topliss-reactive ketones (excluding diaryl/α,β-unsaturated/α-hetero) is 1. The van der Waals surface area contributed by atoms with Crippen LogP contribution in [0.3, 0.4) is 0 Å². The highest BCUT2D eigenvalue weighted by Gasteiger charge is 2.42. The van der Waals surface area contributed by atoms with Crippen LogP contribution in [0.2, 0.25) is 0 Å². The molecule has 0 fully saturated rings. The fourth-order valence-electron chi connectivity index (χ4n) is 5.00. The Kier molecular flexibility index (Phi) is 6.15. The van der Waals surface area contributed by atoms with Gasteiger partial charge < -0.3 is 15.4 Å². The number of aromatic amines is 1. The largest absolute Gasteiger partial charge is 0.502 e. The molecule has 3 N–H and O–H groups in total. The van der Waals surface area contributed by atoms with E-state index in [9.17, 15) is 24.8 Å². The van der Waals surface area contributed by atoms with Crippen LogP contribution < -0.4 is 10.9 Å². The van der Waals surface area contributed by atoms with Crippen molar-refractivity contribution in [3.63, 3.8) is 0 Å². The van der Waals surface area contributed by atoms with E-state index in [0.29, 0.717) is 40.0 Å². The molecule has 2 aromatic carbocycles. The predicted octanol–water partition coefficient (Wildman–Crippen LogP) is 5.19. The van der Waals surface area contributed by atoms with Gasteiger partial charge in [0.15, 0.2) is 16.7 Å². The molecule has 5 rings (SSSR count). The second-order valence-electron chi connectivity index (χ2n) is 10.3. The van der Waals surface area contributed by atoms with E-state index in [4.69, 9.17) is 0 Å². The number of phenolic OH excluding ortho intramolecular Hbond substituents is 1. The first-order chi connectivity index (χ1) is 17.5. The van der Waals surface area contributed by atoms with Crippen LogP contribution in [0.15, 0.2) is 63.7 Å². The molecule has 0 bridgehead atoms. The highest BCUT2D eigenvalue weighted by Crippen LogP contribution is 2.48. The van der Waals surface area contributed by atoms with Crippen LogP contribution in [0.1, 0.15) is 54.9 Å². The van der Waals surface area contributed by atoms with Gasteiger partial charge in [0.2, 0.25) is 0 Å². The van der Waals surface area contributed by atoms with Gasteiger partial charge in [0.25, 0.3) is 5.56 Å². The minimum atomic E-state index is -0.846. The second kappa shape index (κ2) is 9.19. The number of aryl methyl sites for hydroxylation is 1. The molecule has 1 aliphatic carbocycles. The Labute approximate surface area is 217 Å². The number of thioether (sulfide) groups is 1. The Balaban J connectivity index is 1.61. The van der Waals surface area contributed by atoms with E-state index in [1.165, 1.54) is 30.0 Å². The molecule has 10 heteroatoms. The number of phenols is 1. The first kappa shape index (κ1) is 24.8. The van der Waals surface area contributed by atoms with E-state index in [2.05, 4.69) is 15.3 Å². The number of ketones is 1. The number of H-pyrrole nitrogens is 1. The number of aromatic nitrogens is 2. The van der Waals surface area contributed by atoms with E-state index in [0.717, 1.165) is 11.1 Å². The molecule has 0 spiro atoms. The number of benzene rings is 2. The Morgan fingerprint density at radius 1 is 1.16 bits per heavy atom. The molecular weight excluding hydrogens is 492 g/mol. The van der Waals surface area contributed by atoms with Crippen molar-refractivity contribution in [1.29, 1.82) is 0 Å². The highest BCUT2D eigenvalue weighted by molar-refractivity contribution is 7.98. The minimum absolute atomic E-state index is 0.123. The Morgan fingerprint density at radius 2 is 1.89 bits per heavy atom. The molecule has 3 aromatic rings. The van der Waals surface area contributed by atoms with Gasteiger partial charge in [-0.3, -0.25) is 19.7 Å². The maximum atomic E-state index is 13.5.